The highest BCUT2D eigenvalue weighted by Crippen LogP contribution is 2.22. The fraction of sp³-hybridized carbons (Fsp3) is 0.375. The van der Waals surface area contributed by atoms with Gasteiger partial charge in [0.05, 0.1) is 13.1 Å². The molecule has 0 bridgehead atoms. The number of amides is 3. The third-order valence-electron chi connectivity index (χ3n) is 4.86. The third-order valence-corrected chi connectivity index (χ3v) is 4.86. The van der Waals surface area contributed by atoms with E-state index in [9.17, 15) is 14.4 Å². The molecule has 0 aliphatic carbocycles. The van der Waals surface area contributed by atoms with Gasteiger partial charge in [-0.05, 0) is 56.5 Å². The number of benzene rings is 2. The Kier molecular flexibility index (Phi) is 8.19. The highest BCUT2D eigenvalue weighted by Gasteiger charge is 2.11. The zero-order chi connectivity index (χ0) is 23.1. The summed E-state index contributed by atoms with van der Waals surface area (Å²) in [6.45, 7) is 11.4. The first-order valence-electron chi connectivity index (χ1n) is 10.4. The summed E-state index contributed by atoms with van der Waals surface area (Å²) in [6, 6.07) is 9.49. The first-order chi connectivity index (χ1) is 14.6. The third kappa shape index (κ3) is 7.13. The molecule has 2 aromatic carbocycles. The van der Waals surface area contributed by atoms with E-state index < -0.39 is 0 Å². The smallest absolute Gasteiger partial charge is 0.243 e. The van der Waals surface area contributed by atoms with Crippen LogP contribution in [0.2, 0.25) is 0 Å². The van der Waals surface area contributed by atoms with Gasteiger partial charge in [-0.1, -0.05) is 37.6 Å². The lowest BCUT2D eigenvalue weighted by Gasteiger charge is -2.14. The van der Waals surface area contributed by atoms with Crippen LogP contribution in [0.5, 0.6) is 0 Å². The van der Waals surface area contributed by atoms with E-state index in [0.717, 1.165) is 33.6 Å². The Morgan fingerprint density at radius 1 is 0.806 bits per heavy atom. The van der Waals surface area contributed by atoms with E-state index in [2.05, 4.69) is 21.3 Å². The Bertz CT molecular complexity index is 960. The molecule has 7 nitrogen and oxygen atoms in total. The molecule has 7 heteroatoms. The molecule has 166 valence electrons. The minimum absolute atomic E-state index is 0.0122. The van der Waals surface area contributed by atoms with Gasteiger partial charge in [-0.2, -0.15) is 0 Å². The molecule has 2 rings (SSSR count). The lowest BCUT2D eigenvalue weighted by molar-refractivity contribution is -0.122. The van der Waals surface area contributed by atoms with Crippen molar-refractivity contribution in [3.05, 3.63) is 52.6 Å². The SMILES string of the molecule is Cc1cc(C)c(NC(=O)CNC(=O)CNc2cc(NC(=O)C(C)C)ccc2C)c(C)c1. The number of rotatable bonds is 8. The summed E-state index contributed by atoms with van der Waals surface area (Å²) in [5.41, 5.74) is 6.23. The number of nitrogens with one attached hydrogen (secondary N) is 4. The van der Waals surface area contributed by atoms with Crippen molar-refractivity contribution in [2.24, 2.45) is 5.92 Å². The molecule has 0 radical (unpaired) electrons. The van der Waals surface area contributed by atoms with Gasteiger partial charge in [0.15, 0.2) is 0 Å². The van der Waals surface area contributed by atoms with Crippen LogP contribution in [-0.2, 0) is 14.4 Å². The van der Waals surface area contributed by atoms with E-state index in [1.54, 1.807) is 6.07 Å². The zero-order valence-corrected chi connectivity index (χ0v) is 19.1. The molecule has 4 N–H and O–H groups in total. The average molecular weight is 425 g/mol. The summed E-state index contributed by atoms with van der Waals surface area (Å²) >= 11 is 0. The Morgan fingerprint density at radius 2 is 1.45 bits per heavy atom. The van der Waals surface area contributed by atoms with Crippen LogP contribution in [0.3, 0.4) is 0 Å². The highest BCUT2D eigenvalue weighted by atomic mass is 16.2. The fourth-order valence-electron chi connectivity index (χ4n) is 3.15. The second-order valence-corrected chi connectivity index (χ2v) is 8.13. The van der Waals surface area contributed by atoms with Crippen molar-refractivity contribution in [3.8, 4) is 0 Å². The van der Waals surface area contributed by atoms with Crippen molar-refractivity contribution in [1.82, 2.24) is 5.32 Å². The van der Waals surface area contributed by atoms with Gasteiger partial charge in [0, 0.05) is 23.0 Å². The standard InChI is InChI=1S/C24H32N4O3/c1-14(2)24(31)27-19-8-7-16(4)20(11-19)25-12-21(29)26-13-22(30)28-23-17(5)9-15(3)10-18(23)6/h7-11,14,25H,12-13H2,1-6H3,(H,26,29)(H,27,31)(H,28,30). The van der Waals surface area contributed by atoms with Crippen molar-refractivity contribution in [2.45, 2.75) is 41.5 Å². The molecule has 0 unspecified atom stereocenters. The van der Waals surface area contributed by atoms with Gasteiger partial charge in [0.2, 0.25) is 17.7 Å². The van der Waals surface area contributed by atoms with Gasteiger partial charge >= 0.3 is 0 Å². The number of aryl methyl sites for hydroxylation is 4. The molecule has 31 heavy (non-hydrogen) atoms. The van der Waals surface area contributed by atoms with Crippen LogP contribution in [0.25, 0.3) is 0 Å². The van der Waals surface area contributed by atoms with Crippen LogP contribution < -0.4 is 21.3 Å². The second-order valence-electron chi connectivity index (χ2n) is 8.13. The summed E-state index contributed by atoms with van der Waals surface area (Å²) in [7, 11) is 0. The van der Waals surface area contributed by atoms with E-state index >= 15 is 0 Å². The molecule has 0 heterocycles. The monoisotopic (exact) mass is 424 g/mol. The first-order valence-corrected chi connectivity index (χ1v) is 10.4. The van der Waals surface area contributed by atoms with Crippen molar-refractivity contribution in [3.63, 3.8) is 0 Å². The zero-order valence-electron chi connectivity index (χ0n) is 19.1. The number of hydrogen-bond donors (Lipinski definition) is 4. The number of carbonyl (C=O) groups is 3. The van der Waals surface area contributed by atoms with Crippen LogP contribution >= 0.6 is 0 Å². The summed E-state index contributed by atoms with van der Waals surface area (Å²) in [5.74, 6) is -0.777. The summed E-state index contributed by atoms with van der Waals surface area (Å²) in [5, 5.41) is 11.4. The normalized spacial score (nSPS) is 10.5. The van der Waals surface area contributed by atoms with E-state index in [1.807, 2.05) is 65.8 Å². The lowest BCUT2D eigenvalue weighted by Crippen LogP contribution is -2.36. The summed E-state index contributed by atoms with van der Waals surface area (Å²) < 4.78 is 0. The minimum atomic E-state index is -0.302. The van der Waals surface area contributed by atoms with Crippen molar-refractivity contribution < 1.29 is 14.4 Å². The topological polar surface area (TPSA) is 99.3 Å². The maximum absolute atomic E-state index is 12.3. The predicted molar refractivity (Wildman–Crippen MR) is 125 cm³/mol. The maximum Gasteiger partial charge on any atom is 0.243 e. The molecule has 0 aliphatic heterocycles. The molecule has 3 amide bonds. The number of hydrogen-bond acceptors (Lipinski definition) is 4. The van der Waals surface area contributed by atoms with Gasteiger partial charge < -0.3 is 21.3 Å². The van der Waals surface area contributed by atoms with Crippen LogP contribution in [0.4, 0.5) is 17.1 Å². The van der Waals surface area contributed by atoms with Crippen LogP contribution in [-0.4, -0.2) is 30.8 Å². The van der Waals surface area contributed by atoms with Crippen LogP contribution in [0.15, 0.2) is 30.3 Å². The summed E-state index contributed by atoms with van der Waals surface area (Å²) in [6.07, 6.45) is 0. The van der Waals surface area contributed by atoms with Crippen molar-refractivity contribution >= 4 is 34.8 Å². The molecule has 0 aromatic heterocycles. The molecule has 0 saturated carbocycles. The number of carbonyl (C=O) groups excluding carboxylic acids is 3. The second kappa shape index (κ2) is 10.6. The van der Waals surface area contributed by atoms with E-state index in [1.165, 1.54) is 0 Å². The molecule has 0 aliphatic rings. The van der Waals surface area contributed by atoms with Gasteiger partial charge in [-0.15, -0.1) is 0 Å². The molecular weight excluding hydrogens is 392 g/mol. The first kappa shape index (κ1) is 23.9. The van der Waals surface area contributed by atoms with Crippen molar-refractivity contribution in [1.29, 1.82) is 0 Å². The molecule has 0 saturated heterocycles. The molecule has 2 aromatic rings. The number of anilines is 3. The Balaban J connectivity index is 1.87. The summed E-state index contributed by atoms with van der Waals surface area (Å²) in [4.78, 5) is 36.3. The maximum atomic E-state index is 12.3. The largest absolute Gasteiger partial charge is 0.376 e. The van der Waals surface area contributed by atoms with Gasteiger partial charge in [0.25, 0.3) is 0 Å². The Morgan fingerprint density at radius 3 is 2.06 bits per heavy atom. The van der Waals surface area contributed by atoms with Gasteiger partial charge in [0.1, 0.15) is 0 Å². The highest BCUT2D eigenvalue weighted by molar-refractivity contribution is 5.96. The predicted octanol–water partition coefficient (Wildman–Crippen LogP) is 3.68. The van der Waals surface area contributed by atoms with Crippen LogP contribution in [0.1, 0.15) is 36.1 Å². The van der Waals surface area contributed by atoms with E-state index in [0.29, 0.717) is 5.69 Å². The van der Waals surface area contributed by atoms with Crippen LogP contribution in [0, 0.1) is 33.6 Å². The minimum Gasteiger partial charge on any atom is -0.376 e. The fourth-order valence-corrected chi connectivity index (χ4v) is 3.15. The van der Waals surface area contributed by atoms with Gasteiger partial charge in [-0.25, -0.2) is 0 Å². The van der Waals surface area contributed by atoms with Gasteiger partial charge in [-0.3, -0.25) is 14.4 Å². The Labute approximate surface area is 184 Å². The Hall–Kier alpha value is -3.35. The van der Waals surface area contributed by atoms with E-state index in [4.69, 9.17) is 0 Å². The van der Waals surface area contributed by atoms with Crippen molar-refractivity contribution in [2.75, 3.05) is 29.0 Å². The van der Waals surface area contributed by atoms with E-state index in [-0.39, 0.29) is 36.7 Å². The molecule has 0 atom stereocenters. The molecule has 0 spiro atoms. The molecule has 0 fully saturated rings. The molecular formula is C24H32N4O3. The lowest BCUT2D eigenvalue weighted by atomic mass is 10.1. The average Bonchev–Trinajstić information content (AvgIpc) is 2.69. The quantitative estimate of drug-likeness (QED) is 0.519.